The van der Waals surface area contributed by atoms with Crippen molar-refractivity contribution in [2.45, 2.75) is 6.92 Å². The lowest BCUT2D eigenvalue weighted by atomic mass is 10.2. The average Bonchev–Trinajstić information content (AvgIpc) is 2.56. The highest BCUT2D eigenvalue weighted by molar-refractivity contribution is 6.33. The molecule has 118 valence electrons. The number of ether oxygens (including phenoxy) is 2. The van der Waals surface area contributed by atoms with Gasteiger partial charge in [0.2, 0.25) is 0 Å². The number of nitrogens with one attached hydrogen (secondary N) is 1. The molecule has 0 fully saturated rings. The molecule has 5 nitrogen and oxygen atoms in total. The maximum atomic E-state index is 11.9. The second-order valence-electron chi connectivity index (χ2n) is 4.52. The number of carbonyl (C=O) groups excluding carboxylic acids is 1. The predicted molar refractivity (Wildman–Crippen MR) is 87.9 cm³/mol. The number of nitrogens with zero attached hydrogens (tertiary/aromatic N) is 1. The van der Waals surface area contributed by atoms with Crippen LogP contribution in [-0.4, -0.2) is 19.1 Å². The third kappa shape index (κ3) is 4.63. The summed E-state index contributed by atoms with van der Waals surface area (Å²) in [7, 11) is 0. The van der Waals surface area contributed by atoms with E-state index in [4.69, 9.17) is 26.3 Å². The third-order valence-electron chi connectivity index (χ3n) is 2.88. The van der Waals surface area contributed by atoms with Crippen LogP contribution >= 0.6 is 11.6 Å². The van der Waals surface area contributed by atoms with E-state index < -0.39 is 0 Å². The van der Waals surface area contributed by atoms with Gasteiger partial charge in [0.15, 0.2) is 18.1 Å². The summed E-state index contributed by atoms with van der Waals surface area (Å²) in [4.78, 5) is 11.9. The van der Waals surface area contributed by atoms with Gasteiger partial charge < -0.3 is 14.8 Å². The van der Waals surface area contributed by atoms with E-state index in [0.717, 1.165) is 0 Å². The summed E-state index contributed by atoms with van der Waals surface area (Å²) in [6.07, 6.45) is 0. The van der Waals surface area contributed by atoms with Gasteiger partial charge in [-0.1, -0.05) is 23.7 Å². The van der Waals surface area contributed by atoms with Gasteiger partial charge in [0, 0.05) is 6.07 Å². The molecular formula is C17H15ClN2O3. The van der Waals surface area contributed by atoms with E-state index >= 15 is 0 Å². The number of halogens is 1. The molecule has 0 saturated heterocycles. The molecule has 0 radical (unpaired) electrons. The van der Waals surface area contributed by atoms with Gasteiger partial charge in [-0.2, -0.15) is 5.26 Å². The van der Waals surface area contributed by atoms with E-state index in [1.807, 2.05) is 13.0 Å². The molecule has 0 spiro atoms. The largest absolute Gasteiger partial charge is 0.490 e. The number of para-hydroxylation sites is 1. The van der Waals surface area contributed by atoms with E-state index in [1.54, 1.807) is 42.5 Å². The van der Waals surface area contributed by atoms with E-state index in [-0.39, 0.29) is 12.5 Å². The van der Waals surface area contributed by atoms with E-state index in [1.165, 1.54) is 0 Å². The minimum atomic E-state index is -0.343. The first kappa shape index (κ1) is 16.7. The Morgan fingerprint density at radius 1 is 1.22 bits per heavy atom. The van der Waals surface area contributed by atoms with Crippen molar-refractivity contribution in [1.29, 1.82) is 5.26 Å². The van der Waals surface area contributed by atoms with Crippen molar-refractivity contribution in [3.63, 3.8) is 0 Å². The van der Waals surface area contributed by atoms with Gasteiger partial charge in [-0.05, 0) is 31.2 Å². The molecule has 0 aliphatic carbocycles. The lowest BCUT2D eigenvalue weighted by Crippen LogP contribution is -2.20. The third-order valence-corrected chi connectivity index (χ3v) is 3.21. The van der Waals surface area contributed by atoms with Crippen molar-refractivity contribution in [2.75, 3.05) is 18.5 Å². The number of carbonyl (C=O) groups is 1. The molecule has 0 heterocycles. The van der Waals surface area contributed by atoms with Crippen LogP contribution in [0, 0.1) is 11.3 Å². The summed E-state index contributed by atoms with van der Waals surface area (Å²) < 4.78 is 10.9. The number of anilines is 1. The molecule has 0 atom stereocenters. The van der Waals surface area contributed by atoms with Gasteiger partial charge in [-0.15, -0.1) is 0 Å². The average molecular weight is 331 g/mol. The minimum Gasteiger partial charge on any atom is -0.490 e. The number of hydrogen-bond acceptors (Lipinski definition) is 4. The molecule has 2 aromatic rings. The molecule has 0 saturated carbocycles. The Morgan fingerprint density at radius 2 is 2.00 bits per heavy atom. The first-order chi connectivity index (χ1) is 11.1. The zero-order chi connectivity index (χ0) is 16.7. The highest BCUT2D eigenvalue weighted by atomic mass is 35.5. The Balaban J connectivity index is 2.01. The predicted octanol–water partition coefficient (Wildman–Crippen LogP) is 3.63. The first-order valence-electron chi connectivity index (χ1n) is 6.98. The SMILES string of the molecule is CCOc1cc(C#N)ccc1OCC(=O)Nc1ccccc1Cl. The molecule has 2 rings (SSSR count). The summed E-state index contributed by atoms with van der Waals surface area (Å²) in [5.41, 5.74) is 0.981. The monoisotopic (exact) mass is 330 g/mol. The second-order valence-corrected chi connectivity index (χ2v) is 4.93. The summed E-state index contributed by atoms with van der Waals surface area (Å²) in [6, 6.07) is 13.7. The molecule has 2 aromatic carbocycles. The van der Waals surface area contributed by atoms with Crippen LogP contribution in [0.4, 0.5) is 5.69 Å². The highest BCUT2D eigenvalue weighted by Gasteiger charge is 2.10. The number of hydrogen-bond donors (Lipinski definition) is 1. The lowest BCUT2D eigenvalue weighted by molar-refractivity contribution is -0.118. The summed E-state index contributed by atoms with van der Waals surface area (Å²) >= 11 is 5.98. The standard InChI is InChI=1S/C17H15ClN2O3/c1-2-22-16-9-12(10-19)7-8-15(16)23-11-17(21)20-14-6-4-3-5-13(14)18/h3-9H,2,11H2,1H3,(H,20,21). The molecule has 0 aliphatic heterocycles. The number of amides is 1. The fourth-order valence-electron chi connectivity index (χ4n) is 1.86. The molecule has 23 heavy (non-hydrogen) atoms. The normalized spacial score (nSPS) is 9.78. The summed E-state index contributed by atoms with van der Waals surface area (Å²) in [5.74, 6) is 0.488. The minimum absolute atomic E-state index is 0.197. The second kappa shape index (κ2) is 8.06. The van der Waals surface area contributed by atoms with Crippen molar-refractivity contribution >= 4 is 23.2 Å². The van der Waals surface area contributed by atoms with Crippen LogP contribution in [0.1, 0.15) is 12.5 Å². The van der Waals surface area contributed by atoms with Crippen LogP contribution < -0.4 is 14.8 Å². The van der Waals surface area contributed by atoms with Crippen LogP contribution in [0.2, 0.25) is 5.02 Å². The van der Waals surface area contributed by atoms with E-state index in [9.17, 15) is 4.79 Å². The highest BCUT2D eigenvalue weighted by Crippen LogP contribution is 2.28. The molecule has 1 amide bonds. The fraction of sp³-hybridized carbons (Fsp3) is 0.176. The summed E-state index contributed by atoms with van der Waals surface area (Å²) in [5, 5.41) is 12.0. The molecule has 0 unspecified atom stereocenters. The zero-order valence-electron chi connectivity index (χ0n) is 12.5. The van der Waals surface area contributed by atoms with Crippen molar-refractivity contribution in [3.8, 4) is 17.6 Å². The first-order valence-corrected chi connectivity index (χ1v) is 7.36. The number of benzene rings is 2. The maximum absolute atomic E-state index is 11.9. The Morgan fingerprint density at radius 3 is 2.70 bits per heavy atom. The molecule has 1 N–H and O–H groups in total. The lowest BCUT2D eigenvalue weighted by Gasteiger charge is -2.12. The maximum Gasteiger partial charge on any atom is 0.262 e. The van der Waals surface area contributed by atoms with Crippen molar-refractivity contribution in [1.82, 2.24) is 0 Å². The van der Waals surface area contributed by atoms with Crippen LogP contribution in [0.3, 0.4) is 0 Å². The number of nitriles is 1. The molecule has 6 heteroatoms. The van der Waals surface area contributed by atoms with Gasteiger partial charge in [-0.25, -0.2) is 0 Å². The molecule has 0 bridgehead atoms. The van der Waals surface area contributed by atoms with Gasteiger partial charge >= 0.3 is 0 Å². The van der Waals surface area contributed by atoms with Crippen LogP contribution in [0.5, 0.6) is 11.5 Å². The van der Waals surface area contributed by atoms with Gasteiger partial charge in [0.25, 0.3) is 5.91 Å². The fourth-order valence-corrected chi connectivity index (χ4v) is 2.04. The molecular weight excluding hydrogens is 316 g/mol. The van der Waals surface area contributed by atoms with Gasteiger partial charge in [0.05, 0.1) is 28.9 Å². The van der Waals surface area contributed by atoms with Gasteiger partial charge in [-0.3, -0.25) is 4.79 Å². The Bertz CT molecular complexity index is 741. The van der Waals surface area contributed by atoms with Crippen molar-refractivity contribution < 1.29 is 14.3 Å². The smallest absolute Gasteiger partial charge is 0.262 e. The zero-order valence-corrected chi connectivity index (χ0v) is 13.3. The van der Waals surface area contributed by atoms with E-state index in [0.29, 0.717) is 34.4 Å². The topological polar surface area (TPSA) is 71.3 Å². The quantitative estimate of drug-likeness (QED) is 0.878. The Kier molecular flexibility index (Phi) is 5.84. The Labute approximate surface area is 139 Å². The van der Waals surface area contributed by atoms with Crippen molar-refractivity contribution in [3.05, 3.63) is 53.1 Å². The number of rotatable bonds is 6. The van der Waals surface area contributed by atoms with Crippen LogP contribution in [-0.2, 0) is 4.79 Å². The van der Waals surface area contributed by atoms with Crippen LogP contribution in [0.25, 0.3) is 0 Å². The molecule has 0 aromatic heterocycles. The van der Waals surface area contributed by atoms with Gasteiger partial charge in [0.1, 0.15) is 0 Å². The molecule has 0 aliphatic rings. The Hall–Kier alpha value is -2.71. The van der Waals surface area contributed by atoms with Crippen molar-refractivity contribution in [2.24, 2.45) is 0 Å². The van der Waals surface area contributed by atoms with E-state index in [2.05, 4.69) is 5.32 Å². The van der Waals surface area contributed by atoms with Crippen LogP contribution in [0.15, 0.2) is 42.5 Å². The summed E-state index contributed by atoms with van der Waals surface area (Å²) in [6.45, 7) is 2.06.